The predicted octanol–water partition coefficient (Wildman–Crippen LogP) is 6.23. The fourth-order valence-corrected chi connectivity index (χ4v) is 4.90. The van der Waals surface area contributed by atoms with E-state index in [1.54, 1.807) is 0 Å². The highest BCUT2D eigenvalue weighted by Crippen LogP contribution is 2.48. The molecule has 0 fully saturated rings. The number of anilines is 1. The summed E-state index contributed by atoms with van der Waals surface area (Å²) in [7, 11) is 0. The third kappa shape index (κ3) is 3.71. The van der Waals surface area contributed by atoms with Gasteiger partial charge in [0.2, 0.25) is 5.91 Å². The first-order chi connectivity index (χ1) is 13.7. The van der Waals surface area contributed by atoms with E-state index < -0.39 is 0 Å². The number of ketones is 1. The van der Waals surface area contributed by atoms with E-state index in [-0.39, 0.29) is 23.0 Å². The Kier molecular flexibility index (Phi) is 5.02. The fourth-order valence-electron chi connectivity index (χ4n) is 4.63. The van der Waals surface area contributed by atoms with Crippen LogP contribution in [0.1, 0.15) is 55.7 Å². The molecule has 1 aliphatic heterocycles. The molecule has 0 N–H and O–H groups in total. The van der Waals surface area contributed by atoms with Crippen LogP contribution in [0.3, 0.4) is 0 Å². The van der Waals surface area contributed by atoms with Gasteiger partial charge in [-0.1, -0.05) is 54.0 Å². The molecule has 1 unspecified atom stereocenters. The molecule has 150 valence electrons. The number of carbonyl (C=O) groups is 2. The number of hydrogen-bond acceptors (Lipinski definition) is 2. The normalized spacial score (nSPS) is 21.4. The van der Waals surface area contributed by atoms with Crippen LogP contribution in [0.4, 0.5) is 5.69 Å². The summed E-state index contributed by atoms with van der Waals surface area (Å²) in [6, 6.07) is 14.2. The van der Waals surface area contributed by atoms with Crippen molar-refractivity contribution in [3.05, 3.63) is 74.9 Å². The standard InChI is InChI=1S/C25H26BrNO2/c1-15-5-6-16(2)20(11-15)27-21-13-25(3,4)14-22(28)24(21)19(12-23(27)29)17-7-9-18(26)10-8-17/h5-11,19H,12-14H2,1-4H3. The number of halogens is 1. The van der Waals surface area contributed by atoms with Gasteiger partial charge >= 0.3 is 0 Å². The minimum absolute atomic E-state index is 0.0656. The molecule has 0 saturated carbocycles. The van der Waals surface area contributed by atoms with Gasteiger partial charge < -0.3 is 0 Å². The number of nitrogens with zero attached hydrogens (tertiary/aromatic N) is 1. The fraction of sp³-hybridized carbons (Fsp3) is 0.360. The number of benzene rings is 2. The molecular weight excluding hydrogens is 426 g/mol. The summed E-state index contributed by atoms with van der Waals surface area (Å²) in [5, 5.41) is 0. The largest absolute Gasteiger partial charge is 0.294 e. The molecule has 29 heavy (non-hydrogen) atoms. The van der Waals surface area contributed by atoms with Gasteiger partial charge in [-0.05, 0) is 60.6 Å². The van der Waals surface area contributed by atoms with Crippen molar-refractivity contribution in [3.8, 4) is 0 Å². The Morgan fingerprint density at radius 3 is 2.38 bits per heavy atom. The van der Waals surface area contributed by atoms with E-state index in [0.717, 1.165) is 44.5 Å². The molecule has 0 aromatic heterocycles. The average Bonchev–Trinajstić information content (AvgIpc) is 2.63. The Balaban J connectivity index is 1.92. The molecule has 1 heterocycles. The highest BCUT2D eigenvalue weighted by Gasteiger charge is 2.44. The Labute approximate surface area is 180 Å². The number of amides is 1. The van der Waals surface area contributed by atoms with Crippen LogP contribution < -0.4 is 4.90 Å². The number of hydrogen-bond donors (Lipinski definition) is 0. The molecule has 4 heteroatoms. The molecule has 0 radical (unpaired) electrons. The molecule has 1 amide bonds. The van der Waals surface area contributed by atoms with Crippen LogP contribution >= 0.6 is 15.9 Å². The lowest BCUT2D eigenvalue weighted by molar-refractivity contribution is -0.121. The second kappa shape index (κ2) is 7.24. The summed E-state index contributed by atoms with van der Waals surface area (Å²) >= 11 is 3.48. The van der Waals surface area contributed by atoms with Crippen LogP contribution in [-0.4, -0.2) is 11.7 Å². The van der Waals surface area contributed by atoms with Gasteiger partial charge in [-0.15, -0.1) is 0 Å². The van der Waals surface area contributed by atoms with Crippen molar-refractivity contribution in [3.63, 3.8) is 0 Å². The van der Waals surface area contributed by atoms with Crippen molar-refractivity contribution in [2.24, 2.45) is 5.41 Å². The van der Waals surface area contributed by atoms with E-state index in [1.807, 2.05) is 43.0 Å². The quantitative estimate of drug-likeness (QED) is 0.542. The van der Waals surface area contributed by atoms with Gasteiger partial charge in [-0.3, -0.25) is 14.5 Å². The Morgan fingerprint density at radius 1 is 1.00 bits per heavy atom. The molecule has 3 nitrogen and oxygen atoms in total. The monoisotopic (exact) mass is 451 g/mol. The highest BCUT2D eigenvalue weighted by atomic mass is 79.9. The molecule has 0 spiro atoms. The van der Waals surface area contributed by atoms with E-state index in [9.17, 15) is 9.59 Å². The molecule has 2 aliphatic rings. The van der Waals surface area contributed by atoms with Crippen LogP contribution in [0, 0.1) is 19.3 Å². The summed E-state index contributed by atoms with van der Waals surface area (Å²) in [6.07, 6.45) is 1.56. The number of carbonyl (C=O) groups excluding carboxylic acids is 2. The average molecular weight is 452 g/mol. The van der Waals surface area contributed by atoms with Gasteiger partial charge in [0.25, 0.3) is 0 Å². The van der Waals surface area contributed by atoms with Crippen molar-refractivity contribution in [1.82, 2.24) is 0 Å². The summed E-state index contributed by atoms with van der Waals surface area (Å²) in [6.45, 7) is 8.29. The highest BCUT2D eigenvalue weighted by molar-refractivity contribution is 9.10. The van der Waals surface area contributed by atoms with Crippen LogP contribution in [0.2, 0.25) is 0 Å². The summed E-state index contributed by atoms with van der Waals surface area (Å²) in [5.74, 6) is 0.0680. The van der Waals surface area contributed by atoms with Gasteiger partial charge in [-0.2, -0.15) is 0 Å². The lowest BCUT2D eigenvalue weighted by atomic mass is 9.69. The van der Waals surface area contributed by atoms with E-state index in [0.29, 0.717) is 12.8 Å². The molecule has 1 aliphatic carbocycles. The summed E-state index contributed by atoms with van der Waals surface area (Å²) in [5.41, 5.74) is 5.65. The van der Waals surface area contributed by atoms with Gasteiger partial charge in [0.15, 0.2) is 5.78 Å². The van der Waals surface area contributed by atoms with Crippen molar-refractivity contribution in [2.75, 3.05) is 4.90 Å². The lowest BCUT2D eigenvalue weighted by Crippen LogP contribution is -2.44. The van der Waals surface area contributed by atoms with Crippen LogP contribution in [0.25, 0.3) is 0 Å². The molecule has 0 saturated heterocycles. The van der Waals surface area contributed by atoms with Gasteiger partial charge in [0.05, 0.1) is 5.69 Å². The van der Waals surface area contributed by atoms with E-state index in [1.165, 1.54) is 0 Å². The van der Waals surface area contributed by atoms with Crippen LogP contribution in [0.5, 0.6) is 0 Å². The summed E-state index contributed by atoms with van der Waals surface area (Å²) in [4.78, 5) is 28.6. The number of rotatable bonds is 2. The zero-order valence-electron chi connectivity index (χ0n) is 17.4. The summed E-state index contributed by atoms with van der Waals surface area (Å²) < 4.78 is 0.991. The van der Waals surface area contributed by atoms with Gasteiger partial charge in [0.1, 0.15) is 0 Å². The molecule has 0 bridgehead atoms. The molecule has 1 atom stereocenters. The van der Waals surface area contributed by atoms with E-state index >= 15 is 0 Å². The Bertz CT molecular complexity index is 1030. The van der Waals surface area contributed by atoms with Crippen molar-refractivity contribution < 1.29 is 9.59 Å². The predicted molar refractivity (Wildman–Crippen MR) is 120 cm³/mol. The van der Waals surface area contributed by atoms with Crippen molar-refractivity contribution in [2.45, 2.75) is 52.9 Å². The maximum absolute atomic E-state index is 13.5. The molecule has 2 aromatic rings. The Hall–Kier alpha value is -2.20. The number of aryl methyl sites for hydroxylation is 2. The number of allylic oxidation sites excluding steroid dienone is 2. The van der Waals surface area contributed by atoms with Gasteiger partial charge in [-0.25, -0.2) is 0 Å². The topological polar surface area (TPSA) is 37.4 Å². The molecule has 2 aromatic carbocycles. The first kappa shape index (κ1) is 20.1. The lowest BCUT2D eigenvalue weighted by Gasteiger charge is -2.43. The first-order valence-corrected chi connectivity index (χ1v) is 10.9. The maximum atomic E-state index is 13.5. The molecular formula is C25H26BrNO2. The number of Topliss-reactive ketones (excluding diaryl/α,β-unsaturated/α-hetero) is 1. The van der Waals surface area contributed by atoms with E-state index in [2.05, 4.69) is 48.0 Å². The minimum Gasteiger partial charge on any atom is -0.294 e. The second-order valence-corrected chi connectivity index (χ2v) is 10.0. The van der Waals surface area contributed by atoms with Crippen LogP contribution in [0.15, 0.2) is 58.2 Å². The second-order valence-electron chi connectivity index (χ2n) is 9.13. The van der Waals surface area contributed by atoms with Gasteiger partial charge in [0, 0.05) is 34.5 Å². The van der Waals surface area contributed by atoms with E-state index in [4.69, 9.17) is 0 Å². The van der Waals surface area contributed by atoms with Crippen LogP contribution in [-0.2, 0) is 9.59 Å². The third-order valence-electron chi connectivity index (χ3n) is 6.02. The maximum Gasteiger partial charge on any atom is 0.232 e. The third-order valence-corrected chi connectivity index (χ3v) is 6.55. The molecule has 4 rings (SSSR count). The zero-order chi connectivity index (χ0) is 20.9. The van der Waals surface area contributed by atoms with Crippen molar-refractivity contribution >= 4 is 33.3 Å². The zero-order valence-corrected chi connectivity index (χ0v) is 19.0. The Morgan fingerprint density at radius 2 is 1.69 bits per heavy atom. The minimum atomic E-state index is -0.171. The SMILES string of the molecule is Cc1ccc(C)c(N2C(=O)CC(c3ccc(Br)cc3)C3=C2CC(C)(C)CC3=O)c1. The van der Waals surface area contributed by atoms with Crippen molar-refractivity contribution in [1.29, 1.82) is 0 Å². The first-order valence-electron chi connectivity index (χ1n) is 10.1. The smallest absolute Gasteiger partial charge is 0.232 e.